The summed E-state index contributed by atoms with van der Waals surface area (Å²) in [6, 6.07) is 12.9. The smallest absolute Gasteiger partial charge is 0.242 e. The van der Waals surface area contributed by atoms with Crippen molar-refractivity contribution in [2.24, 2.45) is 5.92 Å². The zero-order chi connectivity index (χ0) is 23.7. The van der Waals surface area contributed by atoms with Gasteiger partial charge in [0.2, 0.25) is 11.8 Å². The maximum Gasteiger partial charge on any atom is 0.242 e. The average Bonchev–Trinajstić information content (AvgIpc) is 2.74. The summed E-state index contributed by atoms with van der Waals surface area (Å²) < 4.78 is 0. The number of nitrogens with one attached hydrogen (secondary N) is 1. The van der Waals surface area contributed by atoms with Crippen LogP contribution < -0.4 is 5.32 Å². The first kappa shape index (κ1) is 26.6. The van der Waals surface area contributed by atoms with Gasteiger partial charge in [0, 0.05) is 28.9 Å². The molecule has 0 aliphatic carbocycles. The van der Waals surface area contributed by atoms with Gasteiger partial charge in [0.15, 0.2) is 0 Å². The fourth-order valence-corrected chi connectivity index (χ4v) is 4.99. The first-order valence-electron chi connectivity index (χ1n) is 10.9. The number of aryl methyl sites for hydroxylation is 1. The van der Waals surface area contributed by atoms with Gasteiger partial charge >= 0.3 is 0 Å². The molecule has 0 saturated carbocycles. The number of amides is 2. The third-order valence-corrected chi connectivity index (χ3v) is 6.69. The number of rotatable bonds is 11. The van der Waals surface area contributed by atoms with Gasteiger partial charge in [0.1, 0.15) is 6.04 Å². The molecular formula is C25H32Cl2N2O2S. The summed E-state index contributed by atoms with van der Waals surface area (Å²) in [7, 11) is 0. The molecule has 0 aromatic heterocycles. The Balaban J connectivity index is 2.16. The van der Waals surface area contributed by atoms with Crippen LogP contribution in [0, 0.1) is 12.8 Å². The van der Waals surface area contributed by atoms with Crippen LogP contribution in [0.5, 0.6) is 0 Å². The third kappa shape index (κ3) is 8.02. The number of hydrogen-bond donors (Lipinski definition) is 1. The highest BCUT2D eigenvalue weighted by molar-refractivity contribution is 7.99. The van der Waals surface area contributed by atoms with Gasteiger partial charge < -0.3 is 10.2 Å². The molecule has 2 aromatic rings. The molecule has 0 heterocycles. The van der Waals surface area contributed by atoms with Crippen molar-refractivity contribution >= 4 is 46.8 Å². The zero-order valence-corrected chi connectivity index (χ0v) is 21.5. The molecule has 0 saturated heterocycles. The van der Waals surface area contributed by atoms with E-state index >= 15 is 0 Å². The lowest BCUT2D eigenvalue weighted by Crippen LogP contribution is -2.50. The molecule has 4 nitrogen and oxygen atoms in total. The first-order chi connectivity index (χ1) is 15.2. The second kappa shape index (κ2) is 13.1. The van der Waals surface area contributed by atoms with E-state index in [2.05, 4.69) is 11.4 Å². The zero-order valence-electron chi connectivity index (χ0n) is 19.2. The summed E-state index contributed by atoms with van der Waals surface area (Å²) in [6.07, 6.45) is 0.544. The molecule has 174 valence electrons. The van der Waals surface area contributed by atoms with E-state index < -0.39 is 6.04 Å². The van der Waals surface area contributed by atoms with Gasteiger partial charge in [-0.1, -0.05) is 79.9 Å². The largest absolute Gasteiger partial charge is 0.354 e. The normalized spacial score (nSPS) is 12.0. The topological polar surface area (TPSA) is 49.4 Å². The van der Waals surface area contributed by atoms with Gasteiger partial charge in [0.25, 0.3) is 0 Å². The van der Waals surface area contributed by atoms with Gasteiger partial charge in [-0.15, -0.1) is 11.8 Å². The Morgan fingerprint density at radius 1 is 1.09 bits per heavy atom. The third-order valence-electron chi connectivity index (χ3n) is 5.04. The first-order valence-corrected chi connectivity index (χ1v) is 12.8. The number of thioether (sulfide) groups is 1. The number of halogens is 2. The van der Waals surface area contributed by atoms with Gasteiger partial charge in [-0.05, 0) is 42.5 Å². The van der Waals surface area contributed by atoms with Crippen molar-refractivity contribution in [2.75, 3.05) is 12.3 Å². The molecule has 0 radical (unpaired) electrons. The van der Waals surface area contributed by atoms with Crippen LogP contribution in [0.15, 0.2) is 42.5 Å². The molecule has 0 aliphatic heterocycles. The Bertz CT molecular complexity index is 900. The van der Waals surface area contributed by atoms with Crippen molar-refractivity contribution in [3.8, 4) is 0 Å². The van der Waals surface area contributed by atoms with Gasteiger partial charge in [0.05, 0.1) is 5.75 Å². The van der Waals surface area contributed by atoms with Crippen LogP contribution in [-0.2, 0) is 21.9 Å². The summed E-state index contributed by atoms with van der Waals surface area (Å²) in [5.74, 6) is 0.918. The van der Waals surface area contributed by atoms with E-state index in [0.717, 1.165) is 16.7 Å². The standard InChI is InChI=1S/C25H32Cl2N2O2S/c1-5-23(25(31)28-13-17(2)3)29(14-19-9-6-8-18(4)12-19)24(30)16-32-15-20-21(26)10-7-11-22(20)27/h6-12,17,23H,5,13-16H2,1-4H3,(H,28,31)/t23-/m1/s1. The Morgan fingerprint density at radius 2 is 1.75 bits per heavy atom. The lowest BCUT2D eigenvalue weighted by atomic mass is 10.1. The Labute approximate surface area is 206 Å². The average molecular weight is 496 g/mol. The van der Waals surface area contributed by atoms with E-state index in [-0.39, 0.29) is 17.6 Å². The van der Waals surface area contributed by atoms with Crippen molar-refractivity contribution in [1.29, 1.82) is 0 Å². The molecule has 2 aromatic carbocycles. The van der Waals surface area contributed by atoms with E-state index in [0.29, 0.717) is 41.2 Å². The second-order valence-corrected chi connectivity index (χ2v) is 10.1. The molecule has 2 rings (SSSR count). The highest BCUT2D eigenvalue weighted by atomic mass is 35.5. The fourth-order valence-electron chi connectivity index (χ4n) is 3.34. The second-order valence-electron chi connectivity index (χ2n) is 8.27. The quantitative estimate of drug-likeness (QED) is 0.409. The Morgan fingerprint density at radius 3 is 2.34 bits per heavy atom. The molecule has 2 amide bonds. The van der Waals surface area contributed by atoms with Gasteiger partial charge in [-0.3, -0.25) is 9.59 Å². The minimum atomic E-state index is -0.522. The van der Waals surface area contributed by atoms with E-state index in [9.17, 15) is 9.59 Å². The Hall–Kier alpha value is -1.69. The fraction of sp³-hybridized carbons (Fsp3) is 0.440. The minimum Gasteiger partial charge on any atom is -0.354 e. The van der Waals surface area contributed by atoms with Crippen LogP contribution >= 0.6 is 35.0 Å². The molecule has 0 spiro atoms. The lowest BCUT2D eigenvalue weighted by Gasteiger charge is -2.31. The van der Waals surface area contributed by atoms with Crippen LogP contribution in [-0.4, -0.2) is 35.1 Å². The van der Waals surface area contributed by atoms with E-state index in [4.69, 9.17) is 23.2 Å². The highest BCUT2D eigenvalue weighted by Gasteiger charge is 2.28. The molecule has 0 bridgehead atoms. The van der Waals surface area contributed by atoms with Crippen molar-refractivity contribution in [3.05, 3.63) is 69.2 Å². The van der Waals surface area contributed by atoms with E-state index in [1.54, 1.807) is 23.1 Å². The van der Waals surface area contributed by atoms with Crippen LogP contribution in [0.4, 0.5) is 0 Å². The molecule has 1 atom stereocenters. The van der Waals surface area contributed by atoms with Crippen molar-refractivity contribution in [3.63, 3.8) is 0 Å². The Kier molecular flexibility index (Phi) is 10.9. The van der Waals surface area contributed by atoms with Gasteiger partial charge in [-0.2, -0.15) is 0 Å². The molecule has 0 unspecified atom stereocenters. The van der Waals surface area contributed by atoms with Crippen LogP contribution in [0.1, 0.15) is 43.9 Å². The number of benzene rings is 2. The number of hydrogen-bond acceptors (Lipinski definition) is 3. The summed E-state index contributed by atoms with van der Waals surface area (Å²) >= 11 is 14.0. The van der Waals surface area contributed by atoms with Crippen LogP contribution in [0.2, 0.25) is 10.0 Å². The number of carbonyl (C=O) groups excluding carboxylic acids is 2. The van der Waals surface area contributed by atoms with Crippen molar-refractivity contribution in [1.82, 2.24) is 10.2 Å². The van der Waals surface area contributed by atoms with Crippen molar-refractivity contribution in [2.45, 2.75) is 52.5 Å². The highest BCUT2D eigenvalue weighted by Crippen LogP contribution is 2.28. The minimum absolute atomic E-state index is 0.0776. The molecule has 1 N–H and O–H groups in total. The maximum absolute atomic E-state index is 13.3. The summed E-state index contributed by atoms with van der Waals surface area (Å²) in [6.45, 7) is 9.03. The van der Waals surface area contributed by atoms with E-state index in [1.807, 2.05) is 45.9 Å². The summed E-state index contributed by atoms with van der Waals surface area (Å²) in [5.41, 5.74) is 2.95. The summed E-state index contributed by atoms with van der Waals surface area (Å²) in [4.78, 5) is 27.9. The van der Waals surface area contributed by atoms with Crippen LogP contribution in [0.3, 0.4) is 0 Å². The predicted octanol–water partition coefficient (Wildman–Crippen LogP) is 6.11. The van der Waals surface area contributed by atoms with Crippen molar-refractivity contribution < 1.29 is 9.59 Å². The molecule has 0 fully saturated rings. The van der Waals surface area contributed by atoms with Crippen LogP contribution in [0.25, 0.3) is 0 Å². The summed E-state index contributed by atoms with van der Waals surface area (Å²) in [5, 5.41) is 4.17. The van der Waals surface area contributed by atoms with Gasteiger partial charge in [-0.25, -0.2) is 0 Å². The molecular weight excluding hydrogens is 463 g/mol. The molecule has 0 aliphatic rings. The predicted molar refractivity (Wildman–Crippen MR) is 136 cm³/mol. The number of carbonyl (C=O) groups is 2. The lowest BCUT2D eigenvalue weighted by molar-refractivity contribution is -0.139. The monoisotopic (exact) mass is 494 g/mol. The number of nitrogens with zero attached hydrogens (tertiary/aromatic N) is 1. The molecule has 7 heteroatoms. The van der Waals surface area contributed by atoms with E-state index in [1.165, 1.54) is 11.8 Å². The SMILES string of the molecule is CC[C@H](C(=O)NCC(C)C)N(Cc1cccc(C)c1)C(=O)CSCc1c(Cl)cccc1Cl. The molecule has 32 heavy (non-hydrogen) atoms. The maximum atomic E-state index is 13.3.